The molecule has 1 fully saturated rings. The highest BCUT2D eigenvalue weighted by atomic mass is 31.2. The van der Waals surface area contributed by atoms with Gasteiger partial charge in [0.15, 0.2) is 8.32 Å². The van der Waals surface area contributed by atoms with Crippen LogP contribution >= 0.6 is 7.82 Å². The lowest BCUT2D eigenvalue weighted by Gasteiger charge is -2.38. The summed E-state index contributed by atoms with van der Waals surface area (Å²) in [6.07, 6.45) is 2.20. The first-order chi connectivity index (χ1) is 19.8. The second kappa shape index (κ2) is 14.6. The van der Waals surface area contributed by atoms with Crippen LogP contribution in [0.4, 0.5) is 0 Å². The lowest BCUT2D eigenvalue weighted by Crippen LogP contribution is -2.41. The van der Waals surface area contributed by atoms with E-state index in [0.29, 0.717) is 25.1 Å². The summed E-state index contributed by atoms with van der Waals surface area (Å²) >= 11 is 0. The van der Waals surface area contributed by atoms with Crippen LogP contribution < -0.4 is 4.52 Å². The van der Waals surface area contributed by atoms with E-state index in [4.69, 9.17) is 27.3 Å². The van der Waals surface area contributed by atoms with E-state index in [1.165, 1.54) is 0 Å². The third kappa shape index (κ3) is 10.7. The zero-order valence-electron chi connectivity index (χ0n) is 30.9. The summed E-state index contributed by atoms with van der Waals surface area (Å²) in [6.45, 7) is 35.4. The molecule has 2 rings (SSSR count). The quantitative estimate of drug-likeness (QED) is 0.130. The van der Waals surface area contributed by atoms with Crippen molar-refractivity contribution in [1.82, 2.24) is 0 Å². The van der Waals surface area contributed by atoms with Gasteiger partial charge in [-0.15, -0.1) is 0 Å². The van der Waals surface area contributed by atoms with E-state index < -0.39 is 16.1 Å². The molecule has 0 aliphatic carbocycles. The van der Waals surface area contributed by atoms with Gasteiger partial charge in [0, 0.05) is 12.2 Å². The Hall–Kier alpha value is -0.668. The second-order valence-electron chi connectivity index (χ2n) is 16.7. The van der Waals surface area contributed by atoms with E-state index in [-0.39, 0.29) is 53.8 Å². The number of hydrogen-bond donors (Lipinski definition) is 0. The molecule has 0 unspecified atom stereocenters. The molecule has 0 aromatic heterocycles. The smallest absolute Gasteiger partial charge is 0.417 e. The summed E-state index contributed by atoms with van der Waals surface area (Å²) in [5.74, 6) is 0.888. The van der Waals surface area contributed by atoms with Crippen LogP contribution in [0.3, 0.4) is 0 Å². The highest BCUT2D eigenvalue weighted by Gasteiger charge is 2.50. The van der Waals surface area contributed by atoms with E-state index >= 15 is 0 Å². The molecule has 0 N–H and O–H groups in total. The van der Waals surface area contributed by atoms with Crippen LogP contribution in [0, 0.1) is 18.8 Å². The highest BCUT2D eigenvalue weighted by Crippen LogP contribution is 2.53. The van der Waals surface area contributed by atoms with Crippen LogP contribution in [0.5, 0.6) is 5.75 Å². The van der Waals surface area contributed by atoms with E-state index in [9.17, 15) is 4.57 Å². The molecule has 1 aromatic rings. The number of phosphoric acid groups is 1. The molecule has 0 saturated carbocycles. The average molecular weight is 655 g/mol. The molecule has 254 valence electrons. The predicted molar refractivity (Wildman–Crippen MR) is 186 cm³/mol. The number of benzene rings is 1. The maximum atomic E-state index is 14.1. The van der Waals surface area contributed by atoms with Crippen LogP contribution in [0.2, 0.25) is 24.5 Å². The van der Waals surface area contributed by atoms with E-state index in [0.717, 1.165) is 23.1 Å². The Kier molecular flexibility index (Phi) is 13.1. The van der Waals surface area contributed by atoms with Crippen molar-refractivity contribution in [3.8, 4) is 5.75 Å². The van der Waals surface area contributed by atoms with Gasteiger partial charge in [0.2, 0.25) is 0 Å². The summed E-state index contributed by atoms with van der Waals surface area (Å²) in [4.78, 5) is 0. The van der Waals surface area contributed by atoms with E-state index in [1.54, 1.807) is 0 Å². The topological polar surface area (TPSA) is 72.5 Å². The van der Waals surface area contributed by atoms with Gasteiger partial charge in [-0.3, -0.25) is 9.05 Å². The average Bonchev–Trinajstić information content (AvgIpc) is 3.04. The number of aryl methyl sites for hydroxylation is 2. The van der Waals surface area contributed by atoms with Crippen molar-refractivity contribution in [1.29, 1.82) is 0 Å². The Bertz CT molecular complexity index is 1110. The molecule has 0 bridgehead atoms. The van der Waals surface area contributed by atoms with E-state index in [2.05, 4.69) is 88.4 Å². The summed E-state index contributed by atoms with van der Waals surface area (Å²) in [5.41, 5.74) is 2.04. The molecule has 0 radical (unpaired) electrons. The maximum Gasteiger partial charge on any atom is 0.530 e. The van der Waals surface area contributed by atoms with Crippen LogP contribution in [0.1, 0.15) is 113 Å². The first kappa shape index (κ1) is 39.5. The number of rotatable bonds is 16. The molecule has 0 amide bonds. The first-order valence-corrected chi connectivity index (χ1v) is 20.9. The summed E-state index contributed by atoms with van der Waals surface area (Å²) in [5, 5.41) is 0.133. The SMILES string of the molecule is Cc1cc(CCB2OC(C)(C)C(C)(C)O2)cc(OP(=O)(OCC(C)C)OCC(C)C)c1C(C)(C)CCO[Si](C)(C)C(C)(C)C. The molecule has 1 aliphatic heterocycles. The molecule has 0 atom stereocenters. The predicted octanol–water partition coefficient (Wildman–Crippen LogP) is 10.2. The zero-order valence-corrected chi connectivity index (χ0v) is 32.8. The minimum Gasteiger partial charge on any atom is -0.417 e. The van der Waals surface area contributed by atoms with Crippen LogP contribution in [0.15, 0.2) is 12.1 Å². The van der Waals surface area contributed by atoms with Crippen molar-refractivity contribution in [2.75, 3.05) is 19.8 Å². The van der Waals surface area contributed by atoms with E-state index in [1.807, 2.05) is 33.8 Å². The van der Waals surface area contributed by atoms with Gasteiger partial charge in [-0.1, -0.05) is 68.4 Å². The third-order valence-electron chi connectivity index (χ3n) is 9.34. The van der Waals surface area contributed by atoms with Gasteiger partial charge in [-0.2, -0.15) is 0 Å². The molecule has 1 aromatic carbocycles. The second-order valence-corrected chi connectivity index (χ2v) is 23.1. The Labute approximate surface area is 271 Å². The molecule has 1 heterocycles. The molecule has 7 nitrogen and oxygen atoms in total. The number of hydrogen-bond acceptors (Lipinski definition) is 7. The van der Waals surface area contributed by atoms with Crippen molar-refractivity contribution in [3.63, 3.8) is 0 Å². The number of phosphoric ester groups is 1. The first-order valence-electron chi connectivity index (χ1n) is 16.5. The third-order valence-corrected chi connectivity index (χ3v) is 15.2. The Balaban J connectivity index is 2.46. The fourth-order valence-electron chi connectivity index (χ4n) is 4.87. The van der Waals surface area contributed by atoms with Gasteiger partial charge in [0.1, 0.15) is 5.75 Å². The van der Waals surface area contributed by atoms with Gasteiger partial charge in [-0.05, 0) is 106 Å². The van der Waals surface area contributed by atoms with Gasteiger partial charge < -0.3 is 18.3 Å². The largest absolute Gasteiger partial charge is 0.530 e. The summed E-state index contributed by atoms with van der Waals surface area (Å²) < 4.78 is 51.4. The molecule has 44 heavy (non-hydrogen) atoms. The molecular weight excluding hydrogens is 590 g/mol. The van der Waals surface area contributed by atoms with Crippen molar-refractivity contribution >= 4 is 23.3 Å². The van der Waals surface area contributed by atoms with Crippen LogP contribution in [-0.4, -0.2) is 46.5 Å². The van der Waals surface area contributed by atoms with Crippen LogP contribution in [-0.2, 0) is 39.2 Å². The standard InChI is InChI=1S/C34H64BO7PSi/c1-25(2)23-37-43(36,38-24-26(3)4)40-29-22-28(17-19-35-41-33(11,12)34(13,14)42-35)21-27(5)30(29)32(9,10)18-20-39-44(15,16)31(6,7)8/h21-22,25-26H,17-20,23-24H2,1-16H3. The fraction of sp³-hybridized carbons (Fsp3) is 0.824. The summed E-state index contributed by atoms with van der Waals surface area (Å²) in [6, 6.07) is 4.22. The van der Waals surface area contributed by atoms with Crippen molar-refractivity contribution in [2.45, 2.75) is 151 Å². The maximum absolute atomic E-state index is 14.1. The molecule has 1 aliphatic rings. The Morgan fingerprint density at radius 2 is 1.41 bits per heavy atom. The zero-order chi connectivity index (χ0) is 33.9. The molecular formula is C34H64BO7PSi. The highest BCUT2D eigenvalue weighted by molar-refractivity contribution is 7.48. The Morgan fingerprint density at radius 1 is 0.909 bits per heavy atom. The van der Waals surface area contributed by atoms with Crippen molar-refractivity contribution in [3.05, 3.63) is 28.8 Å². The minimum absolute atomic E-state index is 0.133. The molecule has 0 spiro atoms. The normalized spacial score (nSPS) is 17.6. The molecule has 10 heteroatoms. The van der Waals surface area contributed by atoms with Gasteiger partial charge in [0.25, 0.3) is 0 Å². The van der Waals surface area contributed by atoms with Crippen molar-refractivity contribution in [2.24, 2.45) is 11.8 Å². The van der Waals surface area contributed by atoms with Gasteiger partial charge >= 0.3 is 14.9 Å². The Morgan fingerprint density at radius 3 is 1.86 bits per heavy atom. The van der Waals surface area contributed by atoms with Gasteiger partial charge in [0.05, 0.1) is 24.4 Å². The van der Waals surface area contributed by atoms with Crippen molar-refractivity contribution < 1.29 is 31.9 Å². The lowest BCUT2D eigenvalue weighted by molar-refractivity contribution is 0.00578. The van der Waals surface area contributed by atoms with Gasteiger partial charge in [-0.25, -0.2) is 4.57 Å². The minimum atomic E-state index is -3.91. The lowest BCUT2D eigenvalue weighted by atomic mass is 9.77. The monoisotopic (exact) mass is 654 g/mol. The molecule has 1 saturated heterocycles. The van der Waals surface area contributed by atoms with Crippen LogP contribution in [0.25, 0.3) is 0 Å². The summed E-state index contributed by atoms with van der Waals surface area (Å²) in [7, 11) is -6.12. The fourth-order valence-corrected chi connectivity index (χ4v) is 7.44.